The molecule has 3 aromatic rings. The number of aromatic amines is 1. The van der Waals surface area contributed by atoms with Crippen LogP contribution in [-0.2, 0) is 10.0 Å². The van der Waals surface area contributed by atoms with E-state index in [0.717, 1.165) is 6.07 Å². The highest BCUT2D eigenvalue weighted by Crippen LogP contribution is 2.27. The summed E-state index contributed by atoms with van der Waals surface area (Å²) in [5, 5.41) is 13.4. The molecule has 13 heteroatoms. The second-order valence-electron chi connectivity index (χ2n) is 6.31. The van der Waals surface area contributed by atoms with Crippen LogP contribution in [0.1, 0.15) is 12.8 Å². The number of piperidine rings is 1. The summed E-state index contributed by atoms with van der Waals surface area (Å²) in [6, 6.07) is 3.60. The topological polar surface area (TPSA) is 127 Å². The number of sulfonamides is 1. The van der Waals surface area contributed by atoms with E-state index in [1.807, 2.05) is 0 Å². The molecule has 1 saturated heterocycles. The smallest absolute Gasteiger partial charge is 0.316 e. The summed E-state index contributed by atoms with van der Waals surface area (Å²) >= 11 is 5.76. The molecule has 0 aliphatic carbocycles. The van der Waals surface area contributed by atoms with Gasteiger partial charge in [0.15, 0.2) is 0 Å². The van der Waals surface area contributed by atoms with Gasteiger partial charge in [-0.1, -0.05) is 11.6 Å². The molecule has 1 unspecified atom stereocenters. The Morgan fingerprint density at radius 3 is 2.79 bits per heavy atom. The Balaban J connectivity index is 1.55. The van der Waals surface area contributed by atoms with Crippen molar-refractivity contribution < 1.29 is 17.5 Å². The van der Waals surface area contributed by atoms with Crippen molar-refractivity contribution in [2.75, 3.05) is 13.1 Å². The van der Waals surface area contributed by atoms with Crippen LogP contribution in [0.15, 0.2) is 35.5 Å². The normalized spacial score (nSPS) is 17.9. The number of halogens is 2. The molecular formula is C16H15ClFN7O3S. The Kier molecular flexibility index (Phi) is 5.39. The molecule has 1 aliphatic heterocycles. The first-order valence-electron chi connectivity index (χ1n) is 8.61. The largest absolute Gasteiger partial charge is 0.459 e. The van der Waals surface area contributed by atoms with Gasteiger partial charge in [-0.15, -0.1) is 10.2 Å². The van der Waals surface area contributed by atoms with Crippen molar-refractivity contribution in [3.8, 4) is 17.4 Å². The summed E-state index contributed by atoms with van der Waals surface area (Å²) in [5.74, 6) is -0.676. The number of hydrogen-bond donors (Lipinski definition) is 1. The standard InChI is InChI=1S/C16H15ClFN7O3S/c17-10-7-19-16(20-8-10)28-11-2-1-5-25(9-11)29(26,27)12-3-4-14(18)13(6-12)15-21-23-24-22-15/h3-4,6-8,11H,1-2,5,9H2,(H,21,22,23,24). The molecular weight excluding hydrogens is 425 g/mol. The molecule has 2 aromatic heterocycles. The second-order valence-corrected chi connectivity index (χ2v) is 8.68. The zero-order valence-electron chi connectivity index (χ0n) is 14.9. The molecule has 0 saturated carbocycles. The van der Waals surface area contributed by atoms with Crippen molar-refractivity contribution in [3.63, 3.8) is 0 Å². The number of hydrogen-bond acceptors (Lipinski definition) is 8. The van der Waals surface area contributed by atoms with Crippen molar-refractivity contribution in [3.05, 3.63) is 41.4 Å². The Bertz CT molecular complexity index is 1100. The molecule has 1 fully saturated rings. The zero-order valence-corrected chi connectivity index (χ0v) is 16.4. The summed E-state index contributed by atoms with van der Waals surface area (Å²) in [7, 11) is -3.89. The lowest BCUT2D eigenvalue weighted by molar-refractivity contribution is 0.119. The lowest BCUT2D eigenvalue weighted by atomic mass is 10.1. The fraction of sp³-hybridized carbons (Fsp3) is 0.312. The molecule has 1 aliphatic rings. The highest BCUT2D eigenvalue weighted by molar-refractivity contribution is 7.89. The molecule has 0 amide bonds. The fourth-order valence-corrected chi connectivity index (χ4v) is 4.63. The van der Waals surface area contributed by atoms with Crippen LogP contribution in [0.2, 0.25) is 5.02 Å². The molecule has 0 radical (unpaired) electrons. The Morgan fingerprint density at radius 2 is 2.07 bits per heavy atom. The fourth-order valence-electron chi connectivity index (χ4n) is 2.99. The predicted molar refractivity (Wildman–Crippen MR) is 99.0 cm³/mol. The van der Waals surface area contributed by atoms with Crippen molar-refractivity contribution in [1.29, 1.82) is 0 Å². The van der Waals surface area contributed by atoms with Gasteiger partial charge in [0, 0.05) is 6.54 Å². The predicted octanol–water partition coefficient (Wildman–Crippen LogP) is 1.68. The zero-order chi connectivity index (χ0) is 20.4. The number of tetrazole rings is 1. The third-order valence-corrected chi connectivity index (χ3v) is 6.43. The van der Waals surface area contributed by atoms with Gasteiger partial charge in [-0.3, -0.25) is 0 Å². The highest BCUT2D eigenvalue weighted by Gasteiger charge is 2.32. The highest BCUT2D eigenvalue weighted by atomic mass is 35.5. The number of ether oxygens (including phenoxy) is 1. The van der Waals surface area contributed by atoms with E-state index in [9.17, 15) is 12.8 Å². The summed E-state index contributed by atoms with van der Waals surface area (Å²) in [6.07, 6.45) is 3.63. The Labute approximate surface area is 170 Å². The molecule has 1 atom stereocenters. The molecule has 1 N–H and O–H groups in total. The maximum Gasteiger partial charge on any atom is 0.316 e. The van der Waals surface area contributed by atoms with Gasteiger partial charge in [0.05, 0.1) is 34.4 Å². The first kappa shape index (κ1) is 19.6. The van der Waals surface area contributed by atoms with Gasteiger partial charge in [0.25, 0.3) is 0 Å². The molecule has 152 valence electrons. The van der Waals surface area contributed by atoms with Gasteiger partial charge < -0.3 is 4.74 Å². The van der Waals surface area contributed by atoms with Crippen LogP contribution in [0, 0.1) is 5.82 Å². The first-order chi connectivity index (χ1) is 13.9. The third kappa shape index (κ3) is 4.18. The molecule has 1 aromatic carbocycles. The number of benzene rings is 1. The average Bonchev–Trinajstić information content (AvgIpc) is 3.25. The van der Waals surface area contributed by atoms with Gasteiger partial charge in [-0.2, -0.15) is 9.52 Å². The van der Waals surface area contributed by atoms with E-state index < -0.39 is 21.9 Å². The Morgan fingerprint density at radius 1 is 1.28 bits per heavy atom. The van der Waals surface area contributed by atoms with E-state index in [-0.39, 0.29) is 28.8 Å². The van der Waals surface area contributed by atoms with E-state index in [4.69, 9.17) is 16.3 Å². The number of nitrogens with zero attached hydrogens (tertiary/aromatic N) is 6. The van der Waals surface area contributed by atoms with Crippen molar-refractivity contribution in [1.82, 2.24) is 34.9 Å². The van der Waals surface area contributed by atoms with E-state index in [1.54, 1.807) is 0 Å². The molecule has 0 spiro atoms. The van der Waals surface area contributed by atoms with Gasteiger partial charge in [-0.25, -0.2) is 22.8 Å². The van der Waals surface area contributed by atoms with Crippen LogP contribution in [0.4, 0.5) is 4.39 Å². The van der Waals surface area contributed by atoms with Gasteiger partial charge >= 0.3 is 6.01 Å². The van der Waals surface area contributed by atoms with Crippen molar-refractivity contribution >= 4 is 21.6 Å². The van der Waals surface area contributed by atoms with E-state index in [2.05, 4.69) is 30.6 Å². The maximum absolute atomic E-state index is 14.1. The number of nitrogens with one attached hydrogen (secondary N) is 1. The second kappa shape index (κ2) is 7.97. The van der Waals surface area contributed by atoms with E-state index >= 15 is 0 Å². The average molecular weight is 440 g/mol. The van der Waals surface area contributed by atoms with Crippen molar-refractivity contribution in [2.45, 2.75) is 23.8 Å². The summed E-state index contributed by atoms with van der Waals surface area (Å²) in [5.41, 5.74) is -0.0563. The minimum Gasteiger partial charge on any atom is -0.459 e. The summed E-state index contributed by atoms with van der Waals surface area (Å²) in [4.78, 5) is 7.87. The molecule has 29 heavy (non-hydrogen) atoms. The van der Waals surface area contributed by atoms with Crippen LogP contribution in [0.25, 0.3) is 11.4 Å². The number of rotatable bonds is 5. The van der Waals surface area contributed by atoms with E-state index in [0.29, 0.717) is 24.4 Å². The van der Waals surface area contributed by atoms with Crippen LogP contribution in [0.3, 0.4) is 0 Å². The monoisotopic (exact) mass is 439 g/mol. The third-order valence-electron chi connectivity index (χ3n) is 4.37. The Hall–Kier alpha value is -2.70. The van der Waals surface area contributed by atoms with Crippen molar-refractivity contribution in [2.24, 2.45) is 0 Å². The summed E-state index contributed by atoms with van der Waals surface area (Å²) < 4.78 is 47.3. The number of aromatic nitrogens is 6. The molecule has 10 nitrogen and oxygen atoms in total. The van der Waals surface area contributed by atoms with Crippen LogP contribution >= 0.6 is 11.6 Å². The van der Waals surface area contributed by atoms with Gasteiger partial charge in [0.1, 0.15) is 11.9 Å². The van der Waals surface area contributed by atoms with Gasteiger partial charge in [-0.05, 0) is 36.3 Å². The minimum atomic E-state index is -3.89. The SMILES string of the molecule is O=S(=O)(c1ccc(F)c(-c2nn[nH]n2)c1)N1CCCC(Oc2ncc(Cl)cn2)C1. The molecule has 0 bridgehead atoms. The summed E-state index contributed by atoms with van der Waals surface area (Å²) in [6.45, 7) is 0.432. The minimum absolute atomic E-state index is 0.0284. The van der Waals surface area contributed by atoms with Crippen LogP contribution < -0.4 is 4.74 Å². The first-order valence-corrected chi connectivity index (χ1v) is 10.4. The lowest BCUT2D eigenvalue weighted by Crippen LogP contribution is -2.44. The van der Waals surface area contributed by atoms with E-state index in [1.165, 1.54) is 28.8 Å². The maximum atomic E-state index is 14.1. The number of H-pyrrole nitrogens is 1. The lowest BCUT2D eigenvalue weighted by Gasteiger charge is -2.31. The quantitative estimate of drug-likeness (QED) is 0.636. The van der Waals surface area contributed by atoms with Crippen LogP contribution in [0.5, 0.6) is 6.01 Å². The van der Waals surface area contributed by atoms with Crippen LogP contribution in [-0.4, -0.2) is 62.5 Å². The van der Waals surface area contributed by atoms with Gasteiger partial charge in [0.2, 0.25) is 15.8 Å². The molecule has 3 heterocycles. The molecule has 4 rings (SSSR count).